The summed E-state index contributed by atoms with van der Waals surface area (Å²) in [4.78, 5) is 12.3. The number of anilines is 1. The standard InChI is InChI=1S/C16H11BrIN3O/c17-11-6-7-14(18)13(10-11)16(22)19-15-8-9-21(20-15)12-4-2-1-3-5-12/h1-10H,(H,19,20,22). The van der Waals surface area contributed by atoms with E-state index in [-0.39, 0.29) is 5.91 Å². The number of rotatable bonds is 3. The van der Waals surface area contributed by atoms with Crippen LogP contribution in [0, 0.1) is 3.57 Å². The molecule has 1 amide bonds. The largest absolute Gasteiger partial charge is 0.305 e. The summed E-state index contributed by atoms with van der Waals surface area (Å²) in [6.45, 7) is 0. The van der Waals surface area contributed by atoms with Gasteiger partial charge in [-0.1, -0.05) is 34.1 Å². The van der Waals surface area contributed by atoms with Gasteiger partial charge in [0.15, 0.2) is 5.82 Å². The Morgan fingerprint density at radius 3 is 2.68 bits per heavy atom. The van der Waals surface area contributed by atoms with Crippen molar-refractivity contribution in [2.45, 2.75) is 0 Å². The topological polar surface area (TPSA) is 46.9 Å². The van der Waals surface area contributed by atoms with Gasteiger partial charge in [-0.2, -0.15) is 5.10 Å². The van der Waals surface area contributed by atoms with Crippen LogP contribution in [0.1, 0.15) is 10.4 Å². The molecule has 0 radical (unpaired) electrons. The molecule has 1 N–H and O–H groups in total. The molecule has 0 saturated carbocycles. The first-order valence-corrected chi connectivity index (χ1v) is 8.38. The van der Waals surface area contributed by atoms with Gasteiger partial charge in [0.25, 0.3) is 5.91 Å². The van der Waals surface area contributed by atoms with Crippen molar-refractivity contribution in [2.24, 2.45) is 0 Å². The molecule has 0 atom stereocenters. The quantitative estimate of drug-likeness (QED) is 0.577. The first kappa shape index (κ1) is 15.2. The van der Waals surface area contributed by atoms with Crippen molar-refractivity contribution >= 4 is 50.2 Å². The zero-order valence-corrected chi connectivity index (χ0v) is 15.1. The molecule has 22 heavy (non-hydrogen) atoms. The minimum absolute atomic E-state index is 0.177. The van der Waals surface area contributed by atoms with Crippen LogP contribution in [0.4, 0.5) is 5.82 Å². The molecule has 2 aromatic carbocycles. The Morgan fingerprint density at radius 1 is 1.14 bits per heavy atom. The van der Waals surface area contributed by atoms with Crippen LogP contribution in [0.25, 0.3) is 5.69 Å². The number of carbonyl (C=O) groups is 1. The van der Waals surface area contributed by atoms with Crippen LogP contribution in [0.2, 0.25) is 0 Å². The molecule has 110 valence electrons. The van der Waals surface area contributed by atoms with Crippen LogP contribution in [0.5, 0.6) is 0 Å². The molecule has 4 nitrogen and oxygen atoms in total. The summed E-state index contributed by atoms with van der Waals surface area (Å²) in [6.07, 6.45) is 1.82. The molecule has 1 aromatic heterocycles. The number of hydrogen-bond donors (Lipinski definition) is 1. The predicted octanol–water partition coefficient (Wildman–Crippen LogP) is 4.49. The molecule has 0 bridgehead atoms. The maximum absolute atomic E-state index is 12.3. The summed E-state index contributed by atoms with van der Waals surface area (Å²) >= 11 is 5.52. The zero-order valence-electron chi connectivity index (χ0n) is 11.3. The molecule has 3 rings (SSSR count). The Labute approximate surface area is 149 Å². The van der Waals surface area contributed by atoms with E-state index in [0.717, 1.165) is 13.7 Å². The van der Waals surface area contributed by atoms with Crippen LogP contribution < -0.4 is 5.32 Å². The zero-order chi connectivity index (χ0) is 15.5. The Bertz CT molecular complexity index is 817. The lowest BCUT2D eigenvalue weighted by Crippen LogP contribution is -2.14. The molecular formula is C16H11BrIN3O. The Kier molecular flexibility index (Phi) is 4.58. The van der Waals surface area contributed by atoms with Crippen LogP contribution in [0.15, 0.2) is 65.3 Å². The molecular weight excluding hydrogens is 457 g/mol. The highest BCUT2D eigenvalue weighted by molar-refractivity contribution is 14.1. The average molecular weight is 468 g/mol. The normalized spacial score (nSPS) is 10.5. The first-order valence-electron chi connectivity index (χ1n) is 6.51. The van der Waals surface area contributed by atoms with Crippen molar-refractivity contribution in [3.05, 3.63) is 74.4 Å². The minimum atomic E-state index is -0.177. The average Bonchev–Trinajstić information content (AvgIpc) is 2.99. The van der Waals surface area contributed by atoms with E-state index in [1.165, 1.54) is 0 Å². The number of nitrogens with one attached hydrogen (secondary N) is 1. The third-order valence-corrected chi connectivity index (χ3v) is 4.46. The summed E-state index contributed by atoms with van der Waals surface area (Å²) in [7, 11) is 0. The molecule has 0 fully saturated rings. The van der Waals surface area contributed by atoms with Gasteiger partial charge in [0, 0.05) is 20.3 Å². The second-order valence-electron chi connectivity index (χ2n) is 4.56. The maximum Gasteiger partial charge on any atom is 0.257 e. The van der Waals surface area contributed by atoms with Crippen LogP contribution >= 0.6 is 38.5 Å². The highest BCUT2D eigenvalue weighted by Gasteiger charge is 2.12. The van der Waals surface area contributed by atoms with E-state index >= 15 is 0 Å². The highest BCUT2D eigenvalue weighted by atomic mass is 127. The smallest absolute Gasteiger partial charge is 0.257 e. The monoisotopic (exact) mass is 467 g/mol. The van der Waals surface area contributed by atoms with Gasteiger partial charge in [0.2, 0.25) is 0 Å². The predicted molar refractivity (Wildman–Crippen MR) is 98.4 cm³/mol. The van der Waals surface area contributed by atoms with Crippen molar-refractivity contribution in [3.63, 3.8) is 0 Å². The second-order valence-corrected chi connectivity index (χ2v) is 6.64. The van der Waals surface area contributed by atoms with Gasteiger partial charge in [-0.15, -0.1) is 0 Å². The Hall–Kier alpha value is -1.67. The summed E-state index contributed by atoms with van der Waals surface area (Å²) in [6, 6.07) is 17.1. The fourth-order valence-electron chi connectivity index (χ4n) is 1.97. The minimum Gasteiger partial charge on any atom is -0.305 e. The van der Waals surface area contributed by atoms with Gasteiger partial charge in [0.1, 0.15) is 0 Å². The van der Waals surface area contributed by atoms with E-state index in [4.69, 9.17) is 0 Å². The molecule has 1 heterocycles. The molecule has 0 aliphatic rings. The molecule has 0 spiro atoms. The lowest BCUT2D eigenvalue weighted by molar-refractivity contribution is 0.102. The van der Waals surface area contributed by atoms with Crippen molar-refractivity contribution < 1.29 is 4.79 Å². The van der Waals surface area contributed by atoms with E-state index < -0.39 is 0 Å². The van der Waals surface area contributed by atoms with Gasteiger partial charge < -0.3 is 5.32 Å². The first-order chi connectivity index (χ1) is 10.6. The van der Waals surface area contributed by atoms with Gasteiger partial charge in [0.05, 0.1) is 11.3 Å². The molecule has 0 aliphatic heterocycles. The van der Waals surface area contributed by atoms with E-state index in [1.807, 2.05) is 48.7 Å². The van der Waals surface area contributed by atoms with Crippen molar-refractivity contribution in [1.82, 2.24) is 9.78 Å². The van der Waals surface area contributed by atoms with Crippen LogP contribution in [0.3, 0.4) is 0 Å². The van der Waals surface area contributed by atoms with Gasteiger partial charge in [-0.25, -0.2) is 4.68 Å². The molecule has 3 aromatic rings. The lowest BCUT2D eigenvalue weighted by atomic mass is 10.2. The van der Waals surface area contributed by atoms with E-state index in [2.05, 4.69) is 48.9 Å². The summed E-state index contributed by atoms with van der Waals surface area (Å²) in [5, 5.41) is 7.19. The lowest BCUT2D eigenvalue weighted by Gasteiger charge is -2.05. The van der Waals surface area contributed by atoms with E-state index in [9.17, 15) is 4.79 Å². The van der Waals surface area contributed by atoms with Crippen LogP contribution in [-0.2, 0) is 0 Å². The Balaban J connectivity index is 1.81. The van der Waals surface area contributed by atoms with Crippen molar-refractivity contribution in [3.8, 4) is 5.69 Å². The van der Waals surface area contributed by atoms with Crippen LogP contribution in [-0.4, -0.2) is 15.7 Å². The Morgan fingerprint density at radius 2 is 1.91 bits per heavy atom. The number of para-hydroxylation sites is 1. The fourth-order valence-corrected chi connectivity index (χ4v) is 2.91. The summed E-state index contributed by atoms with van der Waals surface area (Å²) < 4.78 is 3.48. The van der Waals surface area contributed by atoms with Crippen molar-refractivity contribution in [2.75, 3.05) is 5.32 Å². The number of aromatic nitrogens is 2. The molecule has 0 aliphatic carbocycles. The van der Waals surface area contributed by atoms with E-state index in [1.54, 1.807) is 16.8 Å². The fraction of sp³-hybridized carbons (Fsp3) is 0. The number of benzene rings is 2. The van der Waals surface area contributed by atoms with Crippen molar-refractivity contribution in [1.29, 1.82) is 0 Å². The van der Waals surface area contributed by atoms with Gasteiger partial charge in [-0.05, 0) is 52.9 Å². The number of hydrogen-bond acceptors (Lipinski definition) is 2. The molecule has 6 heteroatoms. The third kappa shape index (κ3) is 3.38. The molecule has 0 unspecified atom stereocenters. The third-order valence-electron chi connectivity index (χ3n) is 3.02. The second kappa shape index (κ2) is 6.62. The highest BCUT2D eigenvalue weighted by Crippen LogP contribution is 2.19. The SMILES string of the molecule is O=C(Nc1ccn(-c2ccccc2)n1)c1cc(Br)ccc1I. The summed E-state index contributed by atoms with van der Waals surface area (Å²) in [5.41, 5.74) is 1.56. The van der Waals surface area contributed by atoms with Gasteiger partial charge >= 0.3 is 0 Å². The number of halogens is 2. The number of carbonyl (C=O) groups excluding carboxylic acids is 1. The van der Waals surface area contributed by atoms with E-state index in [0.29, 0.717) is 11.4 Å². The van der Waals surface area contributed by atoms with Gasteiger partial charge in [-0.3, -0.25) is 4.79 Å². The number of amides is 1. The maximum atomic E-state index is 12.3. The molecule has 0 saturated heterocycles. The number of nitrogens with zero attached hydrogens (tertiary/aromatic N) is 2. The summed E-state index contributed by atoms with van der Waals surface area (Å²) in [5.74, 6) is 0.341.